The Balaban J connectivity index is 1.93. The summed E-state index contributed by atoms with van der Waals surface area (Å²) in [5.41, 5.74) is 0.776. The Morgan fingerprint density at radius 2 is 1.89 bits per heavy atom. The van der Waals surface area contributed by atoms with E-state index in [0.29, 0.717) is 28.0 Å². The Morgan fingerprint density at radius 1 is 1.11 bits per heavy atom. The van der Waals surface area contributed by atoms with Gasteiger partial charge in [-0.05, 0) is 37.3 Å². The van der Waals surface area contributed by atoms with Crippen LogP contribution in [0, 0.1) is 6.92 Å². The highest BCUT2D eigenvalue weighted by Crippen LogP contribution is 2.28. The molecule has 0 radical (unpaired) electrons. The number of rotatable bonds is 5. The zero-order chi connectivity index (χ0) is 19.6. The number of esters is 1. The largest absolute Gasteiger partial charge is 0.508 e. The lowest BCUT2D eigenvalue weighted by atomic mass is 10.1. The van der Waals surface area contributed by atoms with Gasteiger partial charge in [-0.25, -0.2) is 9.59 Å². The second kappa shape index (κ2) is 7.41. The Bertz CT molecular complexity index is 1070. The number of hydrogen-bond acceptors (Lipinski definition) is 7. The van der Waals surface area contributed by atoms with Crippen LogP contribution in [0.2, 0.25) is 0 Å². The Kier molecular flexibility index (Phi) is 5.03. The van der Waals surface area contributed by atoms with E-state index in [1.165, 1.54) is 32.4 Å². The van der Waals surface area contributed by atoms with Gasteiger partial charge in [0.25, 0.3) is 0 Å². The summed E-state index contributed by atoms with van der Waals surface area (Å²) in [5, 5.41) is 10.4. The van der Waals surface area contributed by atoms with Crippen LogP contribution in [0.3, 0.4) is 0 Å². The van der Waals surface area contributed by atoms with Crippen molar-refractivity contribution in [3.05, 3.63) is 63.5 Å². The highest BCUT2D eigenvalue weighted by molar-refractivity contribution is 5.93. The first-order valence-electron chi connectivity index (χ1n) is 8.09. The topological polar surface area (TPSA) is 95.2 Å². The molecule has 0 fully saturated rings. The van der Waals surface area contributed by atoms with Crippen LogP contribution in [0.15, 0.2) is 45.6 Å². The van der Waals surface area contributed by atoms with Gasteiger partial charge in [0, 0.05) is 22.6 Å². The number of ether oxygens (including phenoxy) is 3. The van der Waals surface area contributed by atoms with Crippen molar-refractivity contribution in [3.63, 3.8) is 0 Å². The molecular formula is C20H18O7. The fourth-order valence-electron chi connectivity index (χ4n) is 2.73. The number of phenolic OH excluding ortho intramolecular Hbond substituents is 1. The van der Waals surface area contributed by atoms with Gasteiger partial charge in [-0.2, -0.15) is 0 Å². The molecule has 7 heteroatoms. The van der Waals surface area contributed by atoms with Crippen molar-refractivity contribution in [1.29, 1.82) is 0 Å². The second-order valence-corrected chi connectivity index (χ2v) is 5.82. The third kappa shape index (κ3) is 3.57. The standard InChI is InChI=1S/C20H18O7/c1-11-16(21)6-5-14-12(8-18(22)27-19(11)14)10-26-20(23)15-9-13(24-2)4-7-17(15)25-3/h4-9,21H,10H2,1-3H3. The number of hydrogen-bond donors (Lipinski definition) is 1. The number of aryl methyl sites for hydroxylation is 1. The van der Waals surface area contributed by atoms with Gasteiger partial charge in [0.05, 0.1) is 14.2 Å². The van der Waals surface area contributed by atoms with E-state index in [4.69, 9.17) is 18.6 Å². The summed E-state index contributed by atoms with van der Waals surface area (Å²) in [5.74, 6) is 0.224. The van der Waals surface area contributed by atoms with Gasteiger partial charge in [-0.1, -0.05) is 0 Å². The molecule has 3 rings (SSSR count). The molecule has 2 aromatic carbocycles. The van der Waals surface area contributed by atoms with Crippen LogP contribution in [-0.4, -0.2) is 25.3 Å². The lowest BCUT2D eigenvalue weighted by Gasteiger charge is -2.12. The molecule has 3 aromatic rings. The molecule has 1 N–H and O–H groups in total. The number of phenols is 1. The fourth-order valence-corrected chi connectivity index (χ4v) is 2.73. The van der Waals surface area contributed by atoms with E-state index in [9.17, 15) is 14.7 Å². The third-order valence-electron chi connectivity index (χ3n) is 4.20. The average molecular weight is 370 g/mol. The molecule has 140 valence electrons. The van der Waals surface area contributed by atoms with Crippen molar-refractivity contribution in [2.75, 3.05) is 14.2 Å². The van der Waals surface area contributed by atoms with Crippen LogP contribution in [-0.2, 0) is 11.3 Å². The minimum Gasteiger partial charge on any atom is -0.508 e. The number of carbonyl (C=O) groups excluding carboxylic acids is 1. The molecule has 0 aliphatic heterocycles. The first-order chi connectivity index (χ1) is 12.9. The highest BCUT2D eigenvalue weighted by atomic mass is 16.5. The number of fused-ring (bicyclic) bond motifs is 1. The molecule has 0 atom stereocenters. The molecule has 27 heavy (non-hydrogen) atoms. The maximum atomic E-state index is 12.5. The number of methoxy groups -OCH3 is 2. The van der Waals surface area contributed by atoms with Gasteiger partial charge < -0.3 is 23.7 Å². The van der Waals surface area contributed by atoms with E-state index in [1.54, 1.807) is 25.1 Å². The van der Waals surface area contributed by atoms with Crippen LogP contribution in [0.5, 0.6) is 17.2 Å². The van der Waals surface area contributed by atoms with E-state index in [0.717, 1.165) is 0 Å². The molecule has 0 aliphatic carbocycles. The van der Waals surface area contributed by atoms with E-state index >= 15 is 0 Å². The Hall–Kier alpha value is -3.48. The average Bonchev–Trinajstić information content (AvgIpc) is 2.68. The molecular weight excluding hydrogens is 352 g/mol. The number of aromatic hydroxyl groups is 1. The molecule has 0 saturated heterocycles. The van der Waals surface area contributed by atoms with E-state index in [2.05, 4.69) is 0 Å². The van der Waals surface area contributed by atoms with Crippen LogP contribution >= 0.6 is 0 Å². The lowest BCUT2D eigenvalue weighted by Crippen LogP contribution is -2.09. The minimum atomic E-state index is -0.623. The molecule has 0 spiro atoms. The number of benzene rings is 2. The molecule has 1 aromatic heterocycles. The second-order valence-electron chi connectivity index (χ2n) is 5.82. The summed E-state index contributed by atoms with van der Waals surface area (Å²) < 4.78 is 20.9. The summed E-state index contributed by atoms with van der Waals surface area (Å²) in [6.07, 6.45) is 0. The van der Waals surface area contributed by atoms with Gasteiger partial charge in [0.15, 0.2) is 0 Å². The van der Waals surface area contributed by atoms with Crippen molar-refractivity contribution in [1.82, 2.24) is 0 Å². The molecule has 0 saturated carbocycles. The van der Waals surface area contributed by atoms with Gasteiger partial charge in [-0.15, -0.1) is 0 Å². The van der Waals surface area contributed by atoms with Crippen LogP contribution in [0.1, 0.15) is 21.5 Å². The molecule has 0 aliphatic rings. The van der Waals surface area contributed by atoms with E-state index in [1.807, 2.05) is 0 Å². The molecule has 0 bridgehead atoms. The summed E-state index contributed by atoms with van der Waals surface area (Å²) >= 11 is 0. The smallest absolute Gasteiger partial charge is 0.342 e. The van der Waals surface area contributed by atoms with Crippen molar-refractivity contribution in [2.24, 2.45) is 0 Å². The molecule has 0 amide bonds. The molecule has 1 heterocycles. The summed E-state index contributed by atoms with van der Waals surface area (Å²) in [7, 11) is 2.94. The predicted molar refractivity (Wildman–Crippen MR) is 97.6 cm³/mol. The quantitative estimate of drug-likeness (QED) is 0.544. The molecule has 0 unspecified atom stereocenters. The van der Waals surface area contributed by atoms with Gasteiger partial charge in [0.1, 0.15) is 35.0 Å². The van der Waals surface area contributed by atoms with E-state index in [-0.39, 0.29) is 23.5 Å². The SMILES string of the molecule is COc1ccc(OC)c(C(=O)OCc2cc(=O)oc3c(C)c(O)ccc23)c1. The maximum absolute atomic E-state index is 12.5. The Labute approximate surface area is 154 Å². The van der Waals surface area contributed by atoms with E-state index < -0.39 is 11.6 Å². The first kappa shape index (κ1) is 18.3. The zero-order valence-electron chi connectivity index (χ0n) is 15.1. The third-order valence-corrected chi connectivity index (χ3v) is 4.20. The lowest BCUT2D eigenvalue weighted by molar-refractivity contribution is 0.0469. The van der Waals surface area contributed by atoms with Crippen LogP contribution < -0.4 is 15.1 Å². The zero-order valence-corrected chi connectivity index (χ0v) is 15.1. The minimum absolute atomic E-state index is 0.0147. The fraction of sp³-hybridized carbons (Fsp3) is 0.200. The van der Waals surface area contributed by atoms with Gasteiger partial charge in [-0.3, -0.25) is 0 Å². The predicted octanol–water partition coefficient (Wildman–Crippen LogP) is 3.18. The summed E-state index contributed by atoms with van der Waals surface area (Å²) in [6, 6.07) is 9.15. The van der Waals surface area contributed by atoms with Crippen LogP contribution in [0.4, 0.5) is 0 Å². The number of carbonyl (C=O) groups is 1. The van der Waals surface area contributed by atoms with Crippen LogP contribution in [0.25, 0.3) is 11.0 Å². The Morgan fingerprint density at radius 3 is 2.59 bits per heavy atom. The normalized spacial score (nSPS) is 10.6. The van der Waals surface area contributed by atoms with Crippen molar-refractivity contribution in [2.45, 2.75) is 13.5 Å². The van der Waals surface area contributed by atoms with Gasteiger partial charge in [0.2, 0.25) is 0 Å². The molecule has 7 nitrogen and oxygen atoms in total. The van der Waals surface area contributed by atoms with Crippen molar-refractivity contribution in [3.8, 4) is 17.2 Å². The highest BCUT2D eigenvalue weighted by Gasteiger charge is 2.17. The monoisotopic (exact) mass is 370 g/mol. The summed E-state index contributed by atoms with van der Waals surface area (Å²) in [6.45, 7) is 1.49. The first-order valence-corrected chi connectivity index (χ1v) is 8.09. The van der Waals surface area contributed by atoms with Crippen molar-refractivity contribution < 1.29 is 28.5 Å². The summed E-state index contributed by atoms with van der Waals surface area (Å²) in [4.78, 5) is 24.3. The van der Waals surface area contributed by atoms with Gasteiger partial charge >= 0.3 is 11.6 Å². The van der Waals surface area contributed by atoms with Crippen molar-refractivity contribution >= 4 is 16.9 Å². The maximum Gasteiger partial charge on any atom is 0.342 e.